The number of carbonyl (C=O) groups excluding carboxylic acids is 1. The lowest BCUT2D eigenvalue weighted by Crippen LogP contribution is -2.44. The van der Waals surface area contributed by atoms with Crippen molar-refractivity contribution in [1.82, 2.24) is 15.2 Å². The van der Waals surface area contributed by atoms with Crippen LogP contribution in [-0.2, 0) is 9.59 Å². The Kier molecular flexibility index (Phi) is 5.83. The molecule has 1 aromatic rings. The van der Waals surface area contributed by atoms with Crippen LogP contribution in [0.4, 0.5) is 11.5 Å². The van der Waals surface area contributed by atoms with Gasteiger partial charge in [-0.25, -0.2) is 4.98 Å². The highest BCUT2D eigenvalue weighted by atomic mass is 16.4. The van der Waals surface area contributed by atoms with Gasteiger partial charge in [-0.1, -0.05) is 0 Å². The minimum absolute atomic E-state index is 0.0231. The van der Waals surface area contributed by atoms with Gasteiger partial charge in [0.1, 0.15) is 0 Å². The molecule has 1 aromatic heterocycles. The molecule has 0 aromatic carbocycles. The minimum atomic E-state index is -0.822. The number of carbonyl (C=O) groups is 2. The van der Waals surface area contributed by atoms with E-state index in [1.54, 1.807) is 6.20 Å². The van der Waals surface area contributed by atoms with Gasteiger partial charge in [0.15, 0.2) is 5.82 Å². The van der Waals surface area contributed by atoms with Crippen LogP contribution in [0.1, 0.15) is 12.8 Å². The Bertz CT molecular complexity index is 610. The first-order chi connectivity index (χ1) is 12.1. The van der Waals surface area contributed by atoms with E-state index in [-0.39, 0.29) is 18.4 Å². The van der Waals surface area contributed by atoms with Crippen molar-refractivity contribution in [3.63, 3.8) is 0 Å². The van der Waals surface area contributed by atoms with E-state index in [4.69, 9.17) is 5.11 Å². The van der Waals surface area contributed by atoms with Crippen LogP contribution in [0.2, 0.25) is 0 Å². The maximum Gasteiger partial charge on any atom is 0.317 e. The first-order valence-corrected chi connectivity index (χ1v) is 8.79. The van der Waals surface area contributed by atoms with Crippen molar-refractivity contribution in [3.05, 3.63) is 18.3 Å². The van der Waals surface area contributed by atoms with Crippen molar-refractivity contribution in [2.24, 2.45) is 5.92 Å². The number of rotatable bonds is 5. The lowest BCUT2D eigenvalue weighted by atomic mass is 9.96. The van der Waals surface area contributed by atoms with Gasteiger partial charge in [0.2, 0.25) is 5.91 Å². The number of anilines is 2. The second-order valence-corrected chi connectivity index (χ2v) is 6.54. The Hall–Kier alpha value is -2.19. The number of piperazine rings is 1. The van der Waals surface area contributed by atoms with Gasteiger partial charge < -0.3 is 20.6 Å². The molecule has 136 valence electrons. The van der Waals surface area contributed by atoms with E-state index < -0.39 is 5.97 Å². The molecule has 3 rings (SSSR count). The molecule has 2 fully saturated rings. The van der Waals surface area contributed by atoms with Crippen molar-refractivity contribution < 1.29 is 14.7 Å². The number of piperidine rings is 1. The third-order valence-corrected chi connectivity index (χ3v) is 4.80. The third kappa shape index (κ3) is 4.67. The molecule has 0 aliphatic carbocycles. The van der Waals surface area contributed by atoms with Crippen molar-refractivity contribution in [2.45, 2.75) is 12.8 Å². The highest BCUT2D eigenvalue weighted by Gasteiger charge is 2.27. The topological polar surface area (TPSA) is 97.8 Å². The lowest BCUT2D eigenvalue weighted by Gasteiger charge is -2.32. The third-order valence-electron chi connectivity index (χ3n) is 4.80. The number of carboxylic acids is 1. The smallest absolute Gasteiger partial charge is 0.317 e. The van der Waals surface area contributed by atoms with E-state index in [2.05, 4.69) is 20.5 Å². The molecule has 25 heavy (non-hydrogen) atoms. The Morgan fingerprint density at radius 2 is 1.96 bits per heavy atom. The number of aliphatic carboxylic acids is 1. The Balaban J connectivity index is 1.59. The number of nitrogens with one attached hydrogen (secondary N) is 2. The summed E-state index contributed by atoms with van der Waals surface area (Å²) in [7, 11) is 0. The predicted molar refractivity (Wildman–Crippen MR) is 94.7 cm³/mol. The molecule has 3 N–H and O–H groups in total. The quantitative estimate of drug-likeness (QED) is 0.701. The normalized spacial score (nSPS) is 19.6. The maximum atomic E-state index is 12.6. The van der Waals surface area contributed by atoms with Gasteiger partial charge in [0.25, 0.3) is 0 Å². The predicted octanol–water partition coefficient (Wildman–Crippen LogP) is 0.226. The van der Waals surface area contributed by atoms with E-state index >= 15 is 0 Å². The minimum Gasteiger partial charge on any atom is -0.480 e. The van der Waals surface area contributed by atoms with Gasteiger partial charge in [0, 0.05) is 38.3 Å². The molecular weight excluding hydrogens is 322 g/mol. The van der Waals surface area contributed by atoms with Gasteiger partial charge in [-0.15, -0.1) is 0 Å². The molecule has 0 radical (unpaired) electrons. The largest absolute Gasteiger partial charge is 0.480 e. The van der Waals surface area contributed by atoms with Crippen LogP contribution in [0.3, 0.4) is 0 Å². The molecule has 0 unspecified atom stereocenters. The van der Waals surface area contributed by atoms with E-state index in [0.717, 1.165) is 31.9 Å². The number of nitrogens with zero attached hydrogens (tertiary/aromatic N) is 3. The van der Waals surface area contributed by atoms with Crippen LogP contribution in [0.25, 0.3) is 0 Å². The molecule has 0 saturated carbocycles. The van der Waals surface area contributed by atoms with Crippen LogP contribution < -0.4 is 15.5 Å². The van der Waals surface area contributed by atoms with Gasteiger partial charge >= 0.3 is 5.97 Å². The van der Waals surface area contributed by atoms with E-state index in [0.29, 0.717) is 31.7 Å². The summed E-state index contributed by atoms with van der Waals surface area (Å²) in [5, 5.41) is 15.2. The molecule has 0 spiro atoms. The molecule has 2 aliphatic rings. The summed E-state index contributed by atoms with van der Waals surface area (Å²) < 4.78 is 0. The number of likely N-dealkylation sites (tertiary alicyclic amines) is 1. The average molecular weight is 347 g/mol. The zero-order chi connectivity index (χ0) is 17.6. The second-order valence-electron chi connectivity index (χ2n) is 6.54. The molecule has 2 saturated heterocycles. The van der Waals surface area contributed by atoms with Crippen molar-refractivity contribution in [2.75, 3.05) is 56.0 Å². The summed E-state index contributed by atoms with van der Waals surface area (Å²) in [4.78, 5) is 31.9. The highest BCUT2D eigenvalue weighted by Crippen LogP contribution is 2.25. The molecule has 1 amide bonds. The zero-order valence-electron chi connectivity index (χ0n) is 14.3. The van der Waals surface area contributed by atoms with E-state index in [9.17, 15) is 9.59 Å². The van der Waals surface area contributed by atoms with Crippen LogP contribution in [0, 0.1) is 5.92 Å². The van der Waals surface area contributed by atoms with Crippen molar-refractivity contribution >= 4 is 23.4 Å². The molecule has 0 atom stereocenters. The standard InChI is InChI=1S/C17H25N5O3/c23-15(24)12-21-8-3-13(4-9-21)17(25)20-16-14(2-1-5-19-16)22-10-6-18-7-11-22/h1-2,5,13,18H,3-4,6-12H2,(H,23,24)(H,19,20,25). The van der Waals surface area contributed by atoms with Crippen molar-refractivity contribution in [3.8, 4) is 0 Å². The van der Waals surface area contributed by atoms with Crippen LogP contribution in [0.5, 0.6) is 0 Å². The molecule has 8 heteroatoms. The van der Waals surface area contributed by atoms with Gasteiger partial charge in [-0.2, -0.15) is 0 Å². The Morgan fingerprint density at radius 1 is 1.24 bits per heavy atom. The lowest BCUT2D eigenvalue weighted by molar-refractivity contribution is -0.138. The summed E-state index contributed by atoms with van der Waals surface area (Å²) in [5.41, 5.74) is 0.959. The SMILES string of the molecule is O=C(O)CN1CCC(C(=O)Nc2ncccc2N2CCNCC2)CC1. The fourth-order valence-corrected chi connectivity index (χ4v) is 3.42. The van der Waals surface area contributed by atoms with Gasteiger partial charge in [-0.3, -0.25) is 14.5 Å². The van der Waals surface area contributed by atoms with Crippen LogP contribution in [0.15, 0.2) is 18.3 Å². The number of aromatic nitrogens is 1. The summed E-state index contributed by atoms with van der Waals surface area (Å²) in [6, 6.07) is 3.88. The summed E-state index contributed by atoms with van der Waals surface area (Å²) in [6.45, 7) is 4.94. The maximum absolute atomic E-state index is 12.6. The fraction of sp³-hybridized carbons (Fsp3) is 0.588. The van der Waals surface area contributed by atoms with Crippen LogP contribution >= 0.6 is 0 Å². The molecule has 8 nitrogen and oxygen atoms in total. The average Bonchev–Trinajstić information content (AvgIpc) is 2.63. The monoisotopic (exact) mass is 347 g/mol. The highest BCUT2D eigenvalue weighted by molar-refractivity contribution is 5.94. The fourth-order valence-electron chi connectivity index (χ4n) is 3.42. The van der Waals surface area contributed by atoms with Crippen LogP contribution in [-0.4, -0.2) is 72.7 Å². The Labute approximate surface area is 147 Å². The first-order valence-electron chi connectivity index (χ1n) is 8.79. The molecule has 3 heterocycles. The summed E-state index contributed by atoms with van der Waals surface area (Å²) >= 11 is 0. The number of hydrogen-bond acceptors (Lipinski definition) is 6. The second kappa shape index (κ2) is 8.26. The number of amides is 1. The molecule has 0 bridgehead atoms. The number of hydrogen-bond donors (Lipinski definition) is 3. The number of pyridine rings is 1. The zero-order valence-corrected chi connectivity index (χ0v) is 14.3. The van der Waals surface area contributed by atoms with E-state index in [1.807, 2.05) is 17.0 Å². The first kappa shape index (κ1) is 17.6. The molecule has 2 aliphatic heterocycles. The molecular formula is C17H25N5O3. The van der Waals surface area contributed by atoms with Gasteiger partial charge in [-0.05, 0) is 38.1 Å². The Morgan fingerprint density at radius 3 is 2.64 bits per heavy atom. The number of carboxylic acid groups (broad SMARTS) is 1. The van der Waals surface area contributed by atoms with E-state index in [1.165, 1.54) is 0 Å². The summed E-state index contributed by atoms with van der Waals surface area (Å²) in [6.07, 6.45) is 3.04. The van der Waals surface area contributed by atoms with Crippen molar-refractivity contribution in [1.29, 1.82) is 0 Å². The van der Waals surface area contributed by atoms with Gasteiger partial charge in [0.05, 0.1) is 12.2 Å². The summed E-state index contributed by atoms with van der Waals surface area (Å²) in [5.74, 6) is -0.326.